The molecule has 1 atom stereocenters. The number of nitrogens with zero attached hydrogens (tertiary/aromatic N) is 3. The van der Waals surface area contributed by atoms with Gasteiger partial charge in [-0.2, -0.15) is 10.2 Å². The molecule has 146 valence electrons. The van der Waals surface area contributed by atoms with Crippen molar-refractivity contribution in [2.75, 3.05) is 13.6 Å². The largest absolute Gasteiger partial charge is 0.360 e. The number of H-pyrrole nitrogens is 1. The molecule has 5 heteroatoms. The summed E-state index contributed by atoms with van der Waals surface area (Å²) in [7, 11) is 2.19. The van der Waals surface area contributed by atoms with E-state index in [4.69, 9.17) is 11.6 Å². The first-order valence-corrected chi connectivity index (χ1v) is 10.3. The lowest BCUT2D eigenvalue weighted by molar-refractivity contribution is 0.328. The van der Waals surface area contributed by atoms with Gasteiger partial charge in [0.2, 0.25) is 0 Å². The topological polar surface area (TPSA) is 44.8 Å². The molecule has 1 aliphatic heterocycles. The zero-order valence-corrected chi connectivity index (χ0v) is 17.4. The molecule has 2 aromatic heterocycles. The van der Waals surface area contributed by atoms with Crippen LogP contribution in [0.3, 0.4) is 0 Å². The maximum Gasteiger partial charge on any atom is 0.0929 e. The number of benzene rings is 2. The van der Waals surface area contributed by atoms with E-state index in [0.29, 0.717) is 5.92 Å². The van der Waals surface area contributed by atoms with Gasteiger partial charge in [0.15, 0.2) is 0 Å². The SMILES string of the molecule is Cc1ccc(-c2ccc3c(c2)CN(C)CCC3c2ccc3[nH]cc(Cl)c3c2)nn1. The molecule has 29 heavy (non-hydrogen) atoms. The summed E-state index contributed by atoms with van der Waals surface area (Å²) >= 11 is 6.39. The van der Waals surface area contributed by atoms with Crippen molar-refractivity contribution in [1.82, 2.24) is 20.1 Å². The van der Waals surface area contributed by atoms with Crippen molar-refractivity contribution in [2.45, 2.75) is 25.8 Å². The Balaban J connectivity index is 1.59. The van der Waals surface area contributed by atoms with Gasteiger partial charge in [-0.3, -0.25) is 0 Å². The van der Waals surface area contributed by atoms with Crippen LogP contribution in [0.4, 0.5) is 0 Å². The molecule has 0 fully saturated rings. The first kappa shape index (κ1) is 18.3. The summed E-state index contributed by atoms with van der Waals surface area (Å²) in [5.74, 6) is 0.350. The van der Waals surface area contributed by atoms with Gasteiger partial charge in [0.05, 0.1) is 16.4 Å². The second kappa shape index (κ2) is 7.29. The number of aryl methyl sites for hydroxylation is 1. The van der Waals surface area contributed by atoms with Crippen LogP contribution in [0, 0.1) is 6.92 Å². The molecule has 4 nitrogen and oxygen atoms in total. The molecule has 3 heterocycles. The Labute approximate surface area is 175 Å². The molecule has 0 bridgehead atoms. The number of halogens is 1. The molecule has 2 aromatic carbocycles. The molecule has 0 aliphatic carbocycles. The highest BCUT2D eigenvalue weighted by Crippen LogP contribution is 2.37. The van der Waals surface area contributed by atoms with Crippen LogP contribution in [-0.4, -0.2) is 33.7 Å². The van der Waals surface area contributed by atoms with Crippen molar-refractivity contribution >= 4 is 22.5 Å². The van der Waals surface area contributed by atoms with E-state index in [1.54, 1.807) is 0 Å². The van der Waals surface area contributed by atoms with E-state index < -0.39 is 0 Å². The minimum absolute atomic E-state index is 0.350. The molecule has 0 spiro atoms. The smallest absolute Gasteiger partial charge is 0.0929 e. The average Bonchev–Trinajstić information content (AvgIpc) is 3.00. The van der Waals surface area contributed by atoms with Gasteiger partial charge in [0.1, 0.15) is 0 Å². The van der Waals surface area contributed by atoms with Crippen LogP contribution in [0.5, 0.6) is 0 Å². The van der Waals surface area contributed by atoms with E-state index >= 15 is 0 Å². The Morgan fingerprint density at radius 2 is 1.97 bits per heavy atom. The number of rotatable bonds is 2. The predicted octanol–water partition coefficient (Wildman–Crippen LogP) is 5.55. The summed E-state index contributed by atoms with van der Waals surface area (Å²) in [6.45, 7) is 3.95. The van der Waals surface area contributed by atoms with Gasteiger partial charge in [-0.05, 0) is 74.0 Å². The van der Waals surface area contributed by atoms with Gasteiger partial charge in [-0.1, -0.05) is 29.8 Å². The van der Waals surface area contributed by atoms with Crippen LogP contribution in [0.15, 0.2) is 54.7 Å². The molecular formula is C24H23ClN4. The van der Waals surface area contributed by atoms with Gasteiger partial charge < -0.3 is 9.88 Å². The fraction of sp³-hybridized carbons (Fsp3) is 0.250. The molecule has 1 N–H and O–H groups in total. The van der Waals surface area contributed by atoms with E-state index in [1.165, 1.54) is 16.7 Å². The van der Waals surface area contributed by atoms with Gasteiger partial charge in [0.25, 0.3) is 0 Å². The third kappa shape index (κ3) is 3.43. The molecule has 5 rings (SSSR count). The molecule has 0 saturated carbocycles. The second-order valence-corrected chi connectivity index (χ2v) is 8.40. The van der Waals surface area contributed by atoms with Gasteiger partial charge in [-0.25, -0.2) is 0 Å². The third-order valence-corrected chi connectivity index (χ3v) is 6.22. The first-order chi connectivity index (χ1) is 14.1. The first-order valence-electron chi connectivity index (χ1n) is 9.97. The molecule has 1 unspecified atom stereocenters. The van der Waals surface area contributed by atoms with Crippen molar-refractivity contribution in [3.8, 4) is 11.3 Å². The van der Waals surface area contributed by atoms with Crippen LogP contribution < -0.4 is 0 Å². The Kier molecular flexibility index (Phi) is 4.61. The maximum absolute atomic E-state index is 6.39. The summed E-state index contributed by atoms with van der Waals surface area (Å²) < 4.78 is 0. The number of aromatic amines is 1. The highest BCUT2D eigenvalue weighted by atomic mass is 35.5. The third-order valence-electron chi connectivity index (χ3n) is 5.91. The Bertz CT molecular complexity index is 1180. The predicted molar refractivity (Wildman–Crippen MR) is 118 cm³/mol. The van der Waals surface area contributed by atoms with E-state index in [2.05, 4.69) is 63.5 Å². The minimum Gasteiger partial charge on any atom is -0.360 e. The van der Waals surface area contributed by atoms with Crippen LogP contribution >= 0.6 is 11.6 Å². The number of hydrogen-bond donors (Lipinski definition) is 1. The number of hydrogen-bond acceptors (Lipinski definition) is 3. The quantitative estimate of drug-likeness (QED) is 0.477. The summed E-state index contributed by atoms with van der Waals surface area (Å²) in [5, 5.41) is 10.5. The van der Waals surface area contributed by atoms with Crippen LogP contribution in [0.2, 0.25) is 5.02 Å². The maximum atomic E-state index is 6.39. The van der Waals surface area contributed by atoms with Crippen LogP contribution in [0.1, 0.15) is 34.7 Å². The molecule has 0 saturated heterocycles. The Morgan fingerprint density at radius 3 is 2.79 bits per heavy atom. The molecule has 4 aromatic rings. The zero-order valence-electron chi connectivity index (χ0n) is 16.6. The minimum atomic E-state index is 0.350. The fourth-order valence-corrected chi connectivity index (χ4v) is 4.55. The number of nitrogens with one attached hydrogen (secondary N) is 1. The lowest BCUT2D eigenvalue weighted by atomic mass is 9.85. The van der Waals surface area contributed by atoms with Crippen molar-refractivity contribution in [2.24, 2.45) is 0 Å². The van der Waals surface area contributed by atoms with Gasteiger partial charge in [-0.15, -0.1) is 0 Å². The standard InChI is InChI=1S/C24H23ClN4/c1-15-3-7-23(28-27-15)17-4-6-19-18(11-17)14-29(2)10-9-20(19)16-5-8-24-21(12-16)22(25)13-26-24/h3-8,11-13,20,26H,9-10,14H2,1-2H3. The van der Waals surface area contributed by atoms with E-state index in [1.807, 2.05) is 25.3 Å². The highest BCUT2D eigenvalue weighted by Gasteiger charge is 2.23. The summed E-state index contributed by atoms with van der Waals surface area (Å²) in [4.78, 5) is 5.63. The second-order valence-electron chi connectivity index (χ2n) is 7.99. The summed E-state index contributed by atoms with van der Waals surface area (Å²) in [5.41, 5.74) is 8.12. The van der Waals surface area contributed by atoms with E-state index in [0.717, 1.165) is 52.4 Å². The number of aromatic nitrogens is 3. The highest BCUT2D eigenvalue weighted by molar-refractivity contribution is 6.35. The molecule has 0 radical (unpaired) electrons. The fourth-order valence-electron chi connectivity index (χ4n) is 4.34. The lowest BCUT2D eigenvalue weighted by Gasteiger charge is -2.19. The Hall–Kier alpha value is -2.69. The van der Waals surface area contributed by atoms with Gasteiger partial charge in [0, 0.05) is 35.1 Å². The van der Waals surface area contributed by atoms with Crippen LogP contribution in [0.25, 0.3) is 22.2 Å². The molecule has 1 aliphatic rings. The monoisotopic (exact) mass is 402 g/mol. The summed E-state index contributed by atoms with van der Waals surface area (Å²) in [6.07, 6.45) is 2.94. The van der Waals surface area contributed by atoms with Crippen molar-refractivity contribution in [3.63, 3.8) is 0 Å². The molecular weight excluding hydrogens is 380 g/mol. The Morgan fingerprint density at radius 1 is 1.07 bits per heavy atom. The average molecular weight is 403 g/mol. The van der Waals surface area contributed by atoms with E-state index in [-0.39, 0.29) is 0 Å². The van der Waals surface area contributed by atoms with E-state index in [9.17, 15) is 0 Å². The normalized spacial score (nSPS) is 17.3. The van der Waals surface area contributed by atoms with Gasteiger partial charge >= 0.3 is 0 Å². The van der Waals surface area contributed by atoms with Crippen molar-refractivity contribution in [1.29, 1.82) is 0 Å². The lowest BCUT2D eigenvalue weighted by Crippen LogP contribution is -2.17. The number of fused-ring (bicyclic) bond motifs is 2. The molecule has 0 amide bonds. The van der Waals surface area contributed by atoms with Crippen molar-refractivity contribution in [3.05, 3.63) is 82.1 Å². The van der Waals surface area contributed by atoms with Crippen molar-refractivity contribution < 1.29 is 0 Å². The van der Waals surface area contributed by atoms with Crippen LogP contribution in [-0.2, 0) is 6.54 Å². The summed E-state index contributed by atoms with van der Waals surface area (Å²) in [6, 6.07) is 17.4. The zero-order chi connectivity index (χ0) is 20.0.